The van der Waals surface area contributed by atoms with Gasteiger partial charge in [0, 0.05) is 31.3 Å². The van der Waals surface area contributed by atoms with Gasteiger partial charge in [-0.05, 0) is 50.1 Å². The molecule has 1 heterocycles. The molecule has 0 saturated heterocycles. The summed E-state index contributed by atoms with van der Waals surface area (Å²) in [6.45, 7) is 6.01. The number of anilines is 2. The lowest BCUT2D eigenvalue weighted by Gasteiger charge is -2.10. The molecule has 1 aromatic heterocycles. The van der Waals surface area contributed by atoms with Crippen LogP contribution in [0.3, 0.4) is 0 Å². The van der Waals surface area contributed by atoms with Crippen molar-refractivity contribution >= 4 is 35.0 Å². The molecule has 0 unspecified atom stereocenters. The van der Waals surface area contributed by atoms with Crippen molar-refractivity contribution < 1.29 is 9.59 Å². The third kappa shape index (κ3) is 6.18. The van der Waals surface area contributed by atoms with E-state index in [2.05, 4.69) is 20.8 Å². The number of hydrogen-bond acceptors (Lipinski definition) is 5. The summed E-state index contributed by atoms with van der Waals surface area (Å²) in [5.74, 6) is 0.764. The Hall–Kier alpha value is -3.13. The number of hydrogen-bond donors (Lipinski definition) is 2. The molecular formula is C23H27N5O2S. The van der Waals surface area contributed by atoms with Crippen LogP contribution < -0.4 is 10.6 Å². The molecule has 3 aromatic rings. The number of carbonyl (C=O) groups is 2. The fourth-order valence-corrected chi connectivity index (χ4v) is 3.71. The monoisotopic (exact) mass is 437 g/mol. The fraction of sp³-hybridized carbons (Fsp3) is 0.304. The van der Waals surface area contributed by atoms with Crippen LogP contribution in [0.15, 0.2) is 47.6 Å². The van der Waals surface area contributed by atoms with Crippen molar-refractivity contribution in [2.45, 2.75) is 38.8 Å². The predicted molar refractivity (Wildman–Crippen MR) is 124 cm³/mol. The Morgan fingerprint density at radius 3 is 2.45 bits per heavy atom. The molecule has 2 N–H and O–H groups in total. The summed E-state index contributed by atoms with van der Waals surface area (Å²) in [7, 11) is 1.85. The number of thioether (sulfide) groups is 1. The number of aryl methyl sites for hydroxylation is 3. The molecule has 7 nitrogen and oxygen atoms in total. The first kappa shape index (κ1) is 22.6. The maximum absolute atomic E-state index is 12.4. The molecule has 31 heavy (non-hydrogen) atoms. The Morgan fingerprint density at radius 2 is 1.71 bits per heavy atom. The Morgan fingerprint density at radius 1 is 0.968 bits per heavy atom. The van der Waals surface area contributed by atoms with E-state index in [0.29, 0.717) is 23.8 Å². The highest BCUT2D eigenvalue weighted by atomic mass is 32.2. The SMILES string of the molecule is Cc1ccc(NC(=O)CSc2nnc(CCC(=O)Nc3cccc(C)c3C)n2C)cc1. The molecule has 0 saturated carbocycles. The van der Waals surface area contributed by atoms with Crippen LogP contribution >= 0.6 is 11.8 Å². The molecule has 0 radical (unpaired) electrons. The summed E-state index contributed by atoms with van der Waals surface area (Å²) in [6.07, 6.45) is 0.772. The van der Waals surface area contributed by atoms with Crippen LogP contribution in [0.4, 0.5) is 11.4 Å². The number of carbonyl (C=O) groups excluding carboxylic acids is 2. The second-order valence-electron chi connectivity index (χ2n) is 7.46. The zero-order valence-electron chi connectivity index (χ0n) is 18.2. The number of nitrogens with one attached hydrogen (secondary N) is 2. The van der Waals surface area contributed by atoms with Crippen LogP contribution in [-0.4, -0.2) is 32.3 Å². The third-order valence-electron chi connectivity index (χ3n) is 5.05. The molecule has 3 rings (SSSR count). The van der Waals surface area contributed by atoms with Crippen molar-refractivity contribution in [1.29, 1.82) is 0 Å². The number of amides is 2. The van der Waals surface area contributed by atoms with E-state index in [0.717, 1.165) is 28.1 Å². The van der Waals surface area contributed by atoms with Gasteiger partial charge in [0.15, 0.2) is 5.16 Å². The zero-order valence-corrected chi connectivity index (χ0v) is 19.0. The van der Waals surface area contributed by atoms with Crippen molar-refractivity contribution in [3.05, 3.63) is 65.0 Å². The van der Waals surface area contributed by atoms with E-state index in [1.165, 1.54) is 11.8 Å². The summed E-state index contributed by atoms with van der Waals surface area (Å²) in [4.78, 5) is 24.5. The van der Waals surface area contributed by atoms with Crippen LogP contribution in [0.25, 0.3) is 0 Å². The second-order valence-corrected chi connectivity index (χ2v) is 8.40. The molecule has 0 fully saturated rings. The molecule has 8 heteroatoms. The number of benzene rings is 2. The summed E-state index contributed by atoms with van der Waals surface area (Å²) < 4.78 is 1.83. The van der Waals surface area contributed by atoms with E-state index < -0.39 is 0 Å². The average Bonchev–Trinajstić information content (AvgIpc) is 3.09. The molecule has 0 aliphatic heterocycles. The molecule has 2 aromatic carbocycles. The Labute approximate surface area is 186 Å². The van der Waals surface area contributed by atoms with Crippen LogP contribution in [0.2, 0.25) is 0 Å². The Bertz CT molecular complexity index is 1080. The van der Waals surface area contributed by atoms with Crippen molar-refractivity contribution in [2.24, 2.45) is 7.05 Å². The zero-order chi connectivity index (χ0) is 22.4. The lowest BCUT2D eigenvalue weighted by Crippen LogP contribution is -2.15. The minimum Gasteiger partial charge on any atom is -0.326 e. The highest BCUT2D eigenvalue weighted by Gasteiger charge is 2.14. The van der Waals surface area contributed by atoms with Crippen LogP contribution in [-0.2, 0) is 23.1 Å². The van der Waals surface area contributed by atoms with Gasteiger partial charge in [-0.25, -0.2) is 0 Å². The smallest absolute Gasteiger partial charge is 0.234 e. The first-order valence-electron chi connectivity index (χ1n) is 10.1. The quantitative estimate of drug-likeness (QED) is 0.519. The third-order valence-corrected chi connectivity index (χ3v) is 6.07. The number of nitrogens with zero attached hydrogens (tertiary/aromatic N) is 3. The highest BCUT2D eigenvalue weighted by Crippen LogP contribution is 2.19. The summed E-state index contributed by atoms with van der Waals surface area (Å²) in [6, 6.07) is 13.5. The summed E-state index contributed by atoms with van der Waals surface area (Å²) >= 11 is 1.32. The molecule has 0 aliphatic rings. The van der Waals surface area contributed by atoms with Gasteiger partial charge >= 0.3 is 0 Å². The second kappa shape index (κ2) is 10.3. The van der Waals surface area contributed by atoms with Gasteiger partial charge < -0.3 is 15.2 Å². The van der Waals surface area contributed by atoms with Crippen molar-refractivity contribution in [2.75, 3.05) is 16.4 Å². The van der Waals surface area contributed by atoms with Gasteiger partial charge in [-0.2, -0.15) is 0 Å². The van der Waals surface area contributed by atoms with E-state index in [-0.39, 0.29) is 17.6 Å². The normalized spacial score (nSPS) is 10.7. The molecule has 0 spiro atoms. The van der Waals surface area contributed by atoms with Gasteiger partial charge in [0.25, 0.3) is 0 Å². The predicted octanol–water partition coefficient (Wildman–Crippen LogP) is 4.04. The van der Waals surface area contributed by atoms with Gasteiger partial charge in [0.05, 0.1) is 5.75 Å². The molecular weight excluding hydrogens is 410 g/mol. The standard InChI is InChI=1S/C23H27N5O2S/c1-15-8-10-18(11-9-15)24-22(30)14-31-23-27-26-20(28(23)4)12-13-21(29)25-19-7-5-6-16(2)17(19)3/h5-11H,12-14H2,1-4H3,(H,24,30)(H,25,29). The first-order valence-corrected chi connectivity index (χ1v) is 11.1. The Balaban J connectivity index is 1.49. The molecule has 0 bridgehead atoms. The fourth-order valence-electron chi connectivity index (χ4n) is 2.98. The van der Waals surface area contributed by atoms with E-state index in [1.54, 1.807) is 0 Å². The average molecular weight is 438 g/mol. The van der Waals surface area contributed by atoms with E-state index in [9.17, 15) is 9.59 Å². The molecule has 162 valence electrons. The van der Waals surface area contributed by atoms with Gasteiger partial charge in [0.1, 0.15) is 5.82 Å². The number of aromatic nitrogens is 3. The van der Waals surface area contributed by atoms with Crippen molar-refractivity contribution in [1.82, 2.24) is 14.8 Å². The summed E-state index contributed by atoms with van der Waals surface area (Å²) in [5, 5.41) is 14.8. The van der Waals surface area contributed by atoms with E-state index in [1.807, 2.05) is 74.9 Å². The minimum absolute atomic E-state index is 0.0663. The first-order chi connectivity index (χ1) is 14.8. The number of rotatable bonds is 8. The largest absolute Gasteiger partial charge is 0.326 e. The van der Waals surface area contributed by atoms with Crippen LogP contribution in [0.1, 0.15) is 28.9 Å². The maximum atomic E-state index is 12.4. The molecule has 0 atom stereocenters. The molecule has 0 aliphatic carbocycles. The highest BCUT2D eigenvalue weighted by molar-refractivity contribution is 7.99. The van der Waals surface area contributed by atoms with Crippen LogP contribution in [0.5, 0.6) is 0 Å². The van der Waals surface area contributed by atoms with Gasteiger partial charge in [0.2, 0.25) is 11.8 Å². The summed E-state index contributed by atoms with van der Waals surface area (Å²) in [5.41, 5.74) is 4.95. The van der Waals surface area contributed by atoms with E-state index >= 15 is 0 Å². The van der Waals surface area contributed by atoms with Crippen molar-refractivity contribution in [3.63, 3.8) is 0 Å². The lowest BCUT2D eigenvalue weighted by molar-refractivity contribution is -0.116. The maximum Gasteiger partial charge on any atom is 0.234 e. The lowest BCUT2D eigenvalue weighted by atomic mass is 10.1. The van der Waals surface area contributed by atoms with Crippen molar-refractivity contribution in [3.8, 4) is 0 Å². The minimum atomic E-state index is -0.105. The molecule has 2 amide bonds. The van der Waals surface area contributed by atoms with Gasteiger partial charge in [-0.1, -0.05) is 41.6 Å². The van der Waals surface area contributed by atoms with Gasteiger partial charge in [-0.3, -0.25) is 9.59 Å². The van der Waals surface area contributed by atoms with E-state index in [4.69, 9.17) is 0 Å². The van der Waals surface area contributed by atoms with Gasteiger partial charge in [-0.15, -0.1) is 10.2 Å². The topological polar surface area (TPSA) is 88.9 Å². The Kier molecular flexibility index (Phi) is 7.46. The van der Waals surface area contributed by atoms with Crippen LogP contribution in [0, 0.1) is 20.8 Å².